The van der Waals surface area contributed by atoms with Crippen molar-refractivity contribution in [3.05, 3.63) is 65.7 Å². The zero-order valence-corrected chi connectivity index (χ0v) is 16.1. The van der Waals surface area contributed by atoms with E-state index in [1.165, 1.54) is 11.1 Å². The summed E-state index contributed by atoms with van der Waals surface area (Å²) in [5.74, 6) is 0.934. The Kier molecular flexibility index (Phi) is 4.54. The molecule has 0 aliphatic carbocycles. The second-order valence-electron chi connectivity index (χ2n) is 8.55. The van der Waals surface area contributed by atoms with Gasteiger partial charge in [0.2, 0.25) is 0 Å². The van der Waals surface area contributed by atoms with Gasteiger partial charge in [0.1, 0.15) is 5.75 Å². The van der Waals surface area contributed by atoms with Crippen molar-refractivity contribution in [1.29, 1.82) is 0 Å². The molecule has 2 aliphatic rings. The lowest BCUT2D eigenvalue weighted by atomic mass is 9.65. The van der Waals surface area contributed by atoms with E-state index in [0.717, 1.165) is 26.1 Å². The number of aromatic hydroxyl groups is 1. The van der Waals surface area contributed by atoms with Crippen molar-refractivity contribution in [2.45, 2.75) is 37.8 Å². The molecule has 2 aromatic carbocycles. The number of hydrogen-bond acceptors (Lipinski definition) is 3. The number of rotatable bonds is 2. The van der Waals surface area contributed by atoms with Crippen LogP contribution in [0.1, 0.15) is 37.4 Å². The molecule has 3 heteroatoms. The summed E-state index contributed by atoms with van der Waals surface area (Å²) < 4.78 is 0. The fourth-order valence-electron chi connectivity index (χ4n) is 5.05. The second kappa shape index (κ2) is 6.71. The molecule has 138 valence electrons. The molecule has 0 aromatic heterocycles. The number of fused-ring (bicyclic) bond motifs is 1. The van der Waals surface area contributed by atoms with Gasteiger partial charge in [-0.3, -0.25) is 9.80 Å². The van der Waals surface area contributed by atoms with Crippen molar-refractivity contribution in [2.24, 2.45) is 5.92 Å². The van der Waals surface area contributed by atoms with Crippen LogP contribution in [-0.4, -0.2) is 47.6 Å². The van der Waals surface area contributed by atoms with E-state index in [1.54, 1.807) is 6.07 Å². The molecule has 0 bridgehead atoms. The van der Waals surface area contributed by atoms with Crippen LogP contribution in [0.25, 0.3) is 0 Å². The number of nitrogens with zero attached hydrogens (tertiary/aromatic N) is 2. The maximum Gasteiger partial charge on any atom is 0.115 e. The molecular weight excluding hydrogens is 320 g/mol. The van der Waals surface area contributed by atoms with E-state index in [0.29, 0.717) is 23.8 Å². The highest BCUT2D eigenvalue weighted by atomic mass is 16.3. The first-order valence-corrected chi connectivity index (χ1v) is 9.76. The molecular formula is C23H30N2O. The average molecular weight is 351 g/mol. The number of phenols is 1. The molecule has 0 saturated carbocycles. The summed E-state index contributed by atoms with van der Waals surface area (Å²) in [5, 5.41) is 9.96. The predicted molar refractivity (Wildman–Crippen MR) is 106 cm³/mol. The Morgan fingerprint density at radius 3 is 2.50 bits per heavy atom. The normalized spacial score (nSPS) is 33.0. The molecule has 2 fully saturated rings. The van der Waals surface area contributed by atoms with Crippen LogP contribution in [0.4, 0.5) is 0 Å². The molecule has 4 rings (SSSR count). The van der Waals surface area contributed by atoms with Crippen molar-refractivity contribution in [3.63, 3.8) is 0 Å². The monoisotopic (exact) mass is 350 g/mol. The minimum absolute atomic E-state index is 0.111. The number of piperazine rings is 1. The molecule has 0 radical (unpaired) electrons. The zero-order chi connectivity index (χ0) is 18.3. The van der Waals surface area contributed by atoms with Gasteiger partial charge in [0.15, 0.2) is 0 Å². The highest BCUT2D eigenvalue weighted by Crippen LogP contribution is 2.44. The summed E-state index contributed by atoms with van der Waals surface area (Å²) in [6.45, 7) is 8.07. The maximum atomic E-state index is 9.96. The maximum absolute atomic E-state index is 9.96. The Balaban J connectivity index is 1.57. The fourth-order valence-corrected chi connectivity index (χ4v) is 5.05. The van der Waals surface area contributed by atoms with Crippen molar-refractivity contribution in [3.8, 4) is 5.75 Å². The van der Waals surface area contributed by atoms with Gasteiger partial charge in [0, 0.05) is 31.7 Å². The number of hydrogen-bond donors (Lipinski definition) is 1. The van der Waals surface area contributed by atoms with Crippen molar-refractivity contribution >= 4 is 0 Å². The minimum Gasteiger partial charge on any atom is -0.508 e. The van der Waals surface area contributed by atoms with Crippen LogP contribution < -0.4 is 0 Å². The number of benzene rings is 2. The lowest BCUT2D eigenvalue weighted by molar-refractivity contribution is -0.0225. The summed E-state index contributed by atoms with van der Waals surface area (Å²) in [4.78, 5) is 5.22. The van der Waals surface area contributed by atoms with Gasteiger partial charge >= 0.3 is 0 Å². The lowest BCUT2D eigenvalue weighted by Gasteiger charge is -2.54. The van der Waals surface area contributed by atoms with Crippen LogP contribution in [0.3, 0.4) is 0 Å². The first-order valence-electron chi connectivity index (χ1n) is 9.76. The van der Waals surface area contributed by atoms with E-state index in [2.05, 4.69) is 67.1 Å². The third-order valence-corrected chi connectivity index (χ3v) is 6.90. The summed E-state index contributed by atoms with van der Waals surface area (Å²) in [6.07, 6.45) is 1.14. The summed E-state index contributed by atoms with van der Waals surface area (Å²) in [7, 11) is 2.26. The smallest absolute Gasteiger partial charge is 0.115 e. The quantitative estimate of drug-likeness (QED) is 0.885. The van der Waals surface area contributed by atoms with Crippen LogP contribution in [0.5, 0.6) is 5.75 Å². The van der Waals surface area contributed by atoms with Gasteiger partial charge in [0.05, 0.1) is 0 Å². The number of piperidine rings is 1. The van der Waals surface area contributed by atoms with Crippen molar-refractivity contribution in [1.82, 2.24) is 9.80 Å². The predicted octanol–water partition coefficient (Wildman–Crippen LogP) is 4.05. The second-order valence-corrected chi connectivity index (χ2v) is 8.55. The van der Waals surface area contributed by atoms with Gasteiger partial charge < -0.3 is 5.11 Å². The third kappa shape index (κ3) is 3.04. The summed E-state index contributed by atoms with van der Waals surface area (Å²) in [6, 6.07) is 19.8. The van der Waals surface area contributed by atoms with Gasteiger partial charge in [0.25, 0.3) is 0 Å². The topological polar surface area (TPSA) is 26.7 Å². The fraction of sp³-hybridized carbons (Fsp3) is 0.478. The van der Waals surface area contributed by atoms with Gasteiger partial charge in [-0.15, -0.1) is 0 Å². The highest BCUT2D eigenvalue weighted by molar-refractivity contribution is 5.34. The van der Waals surface area contributed by atoms with Crippen LogP contribution >= 0.6 is 0 Å². The molecule has 1 N–H and O–H groups in total. The van der Waals surface area contributed by atoms with Crippen molar-refractivity contribution < 1.29 is 5.11 Å². The van der Waals surface area contributed by atoms with E-state index in [4.69, 9.17) is 0 Å². The van der Waals surface area contributed by atoms with Crippen LogP contribution in [0.15, 0.2) is 54.6 Å². The van der Waals surface area contributed by atoms with E-state index in [-0.39, 0.29) is 5.41 Å². The average Bonchev–Trinajstić information content (AvgIpc) is 2.63. The summed E-state index contributed by atoms with van der Waals surface area (Å²) >= 11 is 0. The van der Waals surface area contributed by atoms with Crippen LogP contribution in [-0.2, 0) is 5.41 Å². The van der Waals surface area contributed by atoms with Crippen LogP contribution in [0, 0.1) is 5.92 Å². The molecule has 2 aliphatic heterocycles. The molecule has 2 heterocycles. The van der Waals surface area contributed by atoms with E-state index in [9.17, 15) is 5.11 Å². The molecule has 1 unspecified atom stereocenters. The first kappa shape index (κ1) is 17.6. The van der Waals surface area contributed by atoms with Gasteiger partial charge in [-0.1, -0.05) is 56.3 Å². The molecule has 0 spiro atoms. The van der Waals surface area contributed by atoms with Gasteiger partial charge in [-0.25, -0.2) is 0 Å². The lowest BCUT2D eigenvalue weighted by Crippen LogP contribution is -2.61. The number of likely N-dealkylation sites (N-methyl/N-ethyl adjacent to an activating group) is 1. The Morgan fingerprint density at radius 2 is 1.77 bits per heavy atom. The largest absolute Gasteiger partial charge is 0.508 e. The van der Waals surface area contributed by atoms with Crippen LogP contribution in [0.2, 0.25) is 0 Å². The summed E-state index contributed by atoms with van der Waals surface area (Å²) in [5.41, 5.74) is 2.81. The molecule has 26 heavy (non-hydrogen) atoms. The van der Waals surface area contributed by atoms with E-state index >= 15 is 0 Å². The first-order chi connectivity index (χ1) is 12.5. The third-order valence-electron chi connectivity index (χ3n) is 6.90. The van der Waals surface area contributed by atoms with E-state index in [1.807, 2.05) is 12.1 Å². The molecule has 3 nitrogen and oxygen atoms in total. The molecule has 2 saturated heterocycles. The van der Waals surface area contributed by atoms with Crippen molar-refractivity contribution in [2.75, 3.05) is 26.7 Å². The van der Waals surface area contributed by atoms with E-state index < -0.39 is 0 Å². The Hall–Kier alpha value is -1.84. The van der Waals surface area contributed by atoms with Gasteiger partial charge in [-0.05, 0) is 48.1 Å². The number of phenolic OH excluding ortho intramolecular Hbond substituents is 1. The minimum atomic E-state index is 0.111. The Morgan fingerprint density at radius 1 is 1.00 bits per heavy atom. The molecule has 2 aromatic rings. The molecule has 4 atom stereocenters. The standard InChI is InChI=1S/C23H30N2O/c1-17-14-25-16-22(18-8-5-4-6-9-18)24(3)15-20(25)13-23(17,2)19-10-7-11-21(26)12-19/h4-12,17,20,22,26H,13-16H2,1-3H3/t17-,20+,22?,23+/m0/s1. The van der Waals surface area contributed by atoms with Gasteiger partial charge in [-0.2, -0.15) is 0 Å². The molecule has 0 amide bonds. The SMILES string of the molecule is C[C@H]1CN2CC(c3ccccc3)N(C)C[C@H]2C[C@@]1(C)c1cccc(O)c1. The Bertz CT molecular complexity index is 762. The Labute approximate surface area is 157 Å². The zero-order valence-electron chi connectivity index (χ0n) is 16.1. The highest BCUT2D eigenvalue weighted by Gasteiger charge is 2.45.